The molecule has 49 heavy (non-hydrogen) atoms. The molecule has 1 saturated heterocycles. The summed E-state index contributed by atoms with van der Waals surface area (Å²) >= 11 is 1.58. The summed E-state index contributed by atoms with van der Waals surface area (Å²) < 4.78 is 12.9. The van der Waals surface area contributed by atoms with E-state index < -0.39 is 12.3 Å². The van der Waals surface area contributed by atoms with Crippen molar-refractivity contribution in [1.29, 1.82) is 0 Å². The number of hydrogen-bond donors (Lipinski definition) is 5. The number of carboxylic acid groups (broad SMARTS) is 1. The quantitative estimate of drug-likeness (QED) is 0.0491. The van der Waals surface area contributed by atoms with Crippen LogP contribution in [-0.2, 0) is 25.7 Å². The van der Waals surface area contributed by atoms with Crippen molar-refractivity contribution in [3.63, 3.8) is 0 Å². The Hall–Kier alpha value is -4.68. The van der Waals surface area contributed by atoms with Crippen LogP contribution in [0, 0.1) is 0 Å². The van der Waals surface area contributed by atoms with Crippen LogP contribution in [0.4, 0.5) is 17.1 Å². The molecule has 0 saturated carbocycles. The van der Waals surface area contributed by atoms with Crippen LogP contribution in [-0.4, -0.2) is 39.9 Å². The van der Waals surface area contributed by atoms with Crippen molar-refractivity contribution in [2.24, 2.45) is 0 Å². The normalized spacial score (nSPS) is 17.3. The molecule has 0 aliphatic carbocycles. The van der Waals surface area contributed by atoms with Gasteiger partial charge in [-0.3, -0.25) is 9.59 Å². The lowest BCUT2D eigenvalue weighted by molar-refractivity contribution is -0.245. The zero-order valence-electron chi connectivity index (χ0n) is 27.0. The number of carbonyl (C=O) groups excluding carboxylic acids is 2. The second-order valence-corrected chi connectivity index (χ2v) is 13.0. The number of amides is 2. The van der Waals surface area contributed by atoms with Gasteiger partial charge in [-0.15, -0.1) is 11.8 Å². The van der Waals surface area contributed by atoms with Crippen LogP contribution in [0.25, 0.3) is 0 Å². The van der Waals surface area contributed by atoms with Crippen LogP contribution < -0.4 is 16.4 Å². The number of ether oxygens (including phenoxy) is 2. The molecule has 1 fully saturated rings. The number of nitrogens with one attached hydrogen (secondary N) is 2. The fourth-order valence-electron chi connectivity index (χ4n) is 5.46. The molecule has 3 atom stereocenters. The number of hydrogen-bond acceptors (Lipinski definition) is 8. The van der Waals surface area contributed by atoms with Gasteiger partial charge in [-0.25, -0.2) is 4.79 Å². The standard InChI is InChI=1S/C38H41N3O7S/c39-32-9-4-5-10-33(32)41-36(44)12-3-1-2-11-35(43)40-29-8-6-7-28(21-29)38-47-30(24-49-31-19-17-27(18-20-31)37(45)46)22-34(48-38)26-15-13-25(23-42)14-16-26/h4-10,13-21,30,34,38,42H,1-3,11-12,22-24,39H2,(H,40,43)(H,41,44)(H,45,46). The number of carboxylic acids is 1. The van der Waals surface area contributed by atoms with Gasteiger partial charge in [-0.05, 0) is 72.5 Å². The number of rotatable bonds is 15. The SMILES string of the molecule is Nc1ccccc1NC(=O)CCCCCC(=O)Nc1cccc(C2OC(CSc3ccc(C(=O)O)cc3)CC(c3ccc(CO)cc3)O2)c1. The van der Waals surface area contributed by atoms with Gasteiger partial charge in [0.2, 0.25) is 11.8 Å². The molecule has 1 aliphatic heterocycles. The predicted octanol–water partition coefficient (Wildman–Crippen LogP) is 7.32. The second kappa shape index (κ2) is 17.6. The highest BCUT2D eigenvalue weighted by Crippen LogP contribution is 2.40. The number of aliphatic hydroxyl groups excluding tert-OH is 1. The zero-order valence-corrected chi connectivity index (χ0v) is 27.9. The molecule has 11 heteroatoms. The highest BCUT2D eigenvalue weighted by Gasteiger charge is 2.32. The first kappa shape index (κ1) is 35.6. The molecule has 5 rings (SSSR count). The molecule has 1 heterocycles. The van der Waals surface area contributed by atoms with Crippen molar-refractivity contribution < 1.29 is 34.1 Å². The maximum Gasteiger partial charge on any atom is 0.335 e. The highest BCUT2D eigenvalue weighted by molar-refractivity contribution is 7.99. The van der Waals surface area contributed by atoms with E-state index in [1.54, 1.807) is 48.2 Å². The Balaban J connectivity index is 1.15. The summed E-state index contributed by atoms with van der Waals surface area (Å²) in [5.41, 5.74) is 10.4. The first-order valence-corrected chi connectivity index (χ1v) is 17.3. The maximum atomic E-state index is 12.8. The van der Waals surface area contributed by atoms with Crippen molar-refractivity contribution in [3.8, 4) is 0 Å². The van der Waals surface area contributed by atoms with E-state index in [9.17, 15) is 24.6 Å². The van der Waals surface area contributed by atoms with Crippen LogP contribution >= 0.6 is 11.8 Å². The predicted molar refractivity (Wildman–Crippen MR) is 190 cm³/mol. The summed E-state index contributed by atoms with van der Waals surface area (Å²) in [6.45, 7) is -0.0438. The largest absolute Gasteiger partial charge is 0.478 e. The monoisotopic (exact) mass is 683 g/mol. The Kier molecular flexibility index (Phi) is 12.8. The van der Waals surface area contributed by atoms with Crippen molar-refractivity contribution in [2.45, 2.75) is 68.5 Å². The van der Waals surface area contributed by atoms with Gasteiger partial charge >= 0.3 is 5.97 Å². The minimum absolute atomic E-state index is 0.0438. The Bertz CT molecular complexity index is 1720. The van der Waals surface area contributed by atoms with E-state index in [0.717, 1.165) is 28.0 Å². The Morgan fingerprint density at radius 3 is 2.20 bits per heavy atom. The van der Waals surface area contributed by atoms with E-state index in [4.69, 9.17) is 15.2 Å². The smallest absolute Gasteiger partial charge is 0.335 e. The second-order valence-electron chi connectivity index (χ2n) is 11.9. The van der Waals surface area contributed by atoms with Gasteiger partial charge in [0, 0.05) is 41.2 Å². The van der Waals surface area contributed by atoms with Gasteiger partial charge in [-0.1, -0.05) is 55.0 Å². The first-order chi connectivity index (χ1) is 23.8. The minimum Gasteiger partial charge on any atom is -0.478 e. The van der Waals surface area contributed by atoms with Crippen molar-refractivity contribution in [2.75, 3.05) is 22.1 Å². The van der Waals surface area contributed by atoms with E-state index in [2.05, 4.69) is 10.6 Å². The molecular formula is C38H41N3O7S. The number of thioether (sulfide) groups is 1. The summed E-state index contributed by atoms with van der Waals surface area (Å²) in [5, 5.41) is 24.5. The summed E-state index contributed by atoms with van der Waals surface area (Å²) in [7, 11) is 0. The third kappa shape index (κ3) is 10.7. The van der Waals surface area contributed by atoms with Crippen LogP contribution in [0.3, 0.4) is 0 Å². The molecule has 3 unspecified atom stereocenters. The molecule has 0 aromatic heterocycles. The van der Waals surface area contributed by atoms with Crippen LogP contribution in [0.1, 0.15) is 78.0 Å². The average molecular weight is 684 g/mol. The Morgan fingerprint density at radius 2 is 1.51 bits per heavy atom. The van der Waals surface area contributed by atoms with Crippen molar-refractivity contribution >= 4 is 46.6 Å². The Labute approximate surface area is 290 Å². The highest BCUT2D eigenvalue weighted by atomic mass is 32.2. The number of aromatic carboxylic acids is 1. The van der Waals surface area contributed by atoms with Gasteiger partial charge in [0.15, 0.2) is 6.29 Å². The number of anilines is 3. The van der Waals surface area contributed by atoms with Gasteiger partial charge in [-0.2, -0.15) is 0 Å². The Morgan fingerprint density at radius 1 is 0.796 bits per heavy atom. The van der Waals surface area contributed by atoms with Gasteiger partial charge < -0.3 is 36.1 Å². The molecular weight excluding hydrogens is 642 g/mol. The molecule has 0 spiro atoms. The number of benzene rings is 4. The lowest BCUT2D eigenvalue weighted by atomic mass is 10.0. The van der Waals surface area contributed by atoms with Gasteiger partial charge in [0.25, 0.3) is 0 Å². The fraction of sp³-hybridized carbons (Fsp3) is 0.289. The van der Waals surface area contributed by atoms with E-state index in [0.29, 0.717) is 54.9 Å². The van der Waals surface area contributed by atoms with Crippen molar-refractivity contribution in [1.82, 2.24) is 0 Å². The zero-order chi connectivity index (χ0) is 34.6. The number of para-hydroxylation sites is 2. The fourth-order valence-corrected chi connectivity index (χ4v) is 6.39. The van der Waals surface area contributed by atoms with Gasteiger partial charge in [0.1, 0.15) is 0 Å². The molecule has 4 aromatic carbocycles. The summed E-state index contributed by atoms with van der Waals surface area (Å²) in [5.74, 6) is -0.566. The number of nitrogen functional groups attached to an aromatic ring is 1. The number of unbranched alkanes of at least 4 members (excludes halogenated alkanes) is 2. The maximum absolute atomic E-state index is 12.8. The minimum atomic E-state index is -0.965. The first-order valence-electron chi connectivity index (χ1n) is 16.3. The number of nitrogens with two attached hydrogens (primary N) is 1. The van der Waals surface area contributed by atoms with Crippen LogP contribution in [0.5, 0.6) is 0 Å². The molecule has 10 nitrogen and oxygen atoms in total. The van der Waals surface area contributed by atoms with Crippen LogP contribution in [0.15, 0.2) is 102 Å². The van der Waals surface area contributed by atoms with E-state index in [-0.39, 0.29) is 36.2 Å². The summed E-state index contributed by atoms with van der Waals surface area (Å²) in [6.07, 6.45) is 2.19. The topological polar surface area (TPSA) is 160 Å². The van der Waals surface area contributed by atoms with Crippen molar-refractivity contribution in [3.05, 3.63) is 119 Å². The molecule has 0 bridgehead atoms. The summed E-state index contributed by atoms with van der Waals surface area (Å²) in [4.78, 5) is 37.2. The molecule has 1 aliphatic rings. The van der Waals surface area contributed by atoms with Crippen LogP contribution in [0.2, 0.25) is 0 Å². The third-order valence-electron chi connectivity index (χ3n) is 8.14. The van der Waals surface area contributed by atoms with E-state index in [1.165, 1.54) is 0 Å². The molecule has 6 N–H and O–H groups in total. The van der Waals surface area contributed by atoms with Gasteiger partial charge in [0.05, 0.1) is 35.8 Å². The number of aliphatic hydroxyl groups is 1. The summed E-state index contributed by atoms with van der Waals surface area (Å²) in [6, 6.07) is 29.0. The van der Waals surface area contributed by atoms with E-state index >= 15 is 0 Å². The molecule has 256 valence electrons. The molecule has 4 aromatic rings. The molecule has 0 radical (unpaired) electrons. The third-order valence-corrected chi connectivity index (χ3v) is 9.28. The molecule has 2 amide bonds. The number of carbonyl (C=O) groups is 3. The average Bonchev–Trinajstić information content (AvgIpc) is 3.11. The lowest BCUT2D eigenvalue weighted by Gasteiger charge is -2.36. The van der Waals surface area contributed by atoms with E-state index in [1.807, 2.05) is 60.7 Å². The lowest BCUT2D eigenvalue weighted by Crippen LogP contribution is -2.31.